The van der Waals surface area contributed by atoms with E-state index in [-0.39, 0.29) is 5.41 Å². The van der Waals surface area contributed by atoms with Gasteiger partial charge < -0.3 is 5.73 Å². The monoisotopic (exact) mass is 195 g/mol. The lowest BCUT2D eigenvalue weighted by atomic mass is 9.89. The highest BCUT2D eigenvalue weighted by Gasteiger charge is 2.22. The topological polar surface area (TPSA) is 43.8 Å². The summed E-state index contributed by atoms with van der Waals surface area (Å²) in [4.78, 5) is 0. The minimum atomic E-state index is 0.120. The van der Waals surface area contributed by atoms with Crippen molar-refractivity contribution < 1.29 is 0 Å². The highest BCUT2D eigenvalue weighted by molar-refractivity contribution is 5.29. The van der Waals surface area contributed by atoms with Crippen LogP contribution in [0, 0.1) is 6.92 Å². The van der Waals surface area contributed by atoms with Crippen LogP contribution in [0.4, 0.5) is 0 Å². The van der Waals surface area contributed by atoms with E-state index in [9.17, 15) is 0 Å². The molecule has 0 spiro atoms. The summed E-state index contributed by atoms with van der Waals surface area (Å²) < 4.78 is 1.96. The Labute approximate surface area is 86.3 Å². The Morgan fingerprint density at radius 3 is 2.29 bits per heavy atom. The molecular formula is C11H21N3. The summed E-state index contributed by atoms with van der Waals surface area (Å²) in [6.07, 6.45) is 0.908. The van der Waals surface area contributed by atoms with Crippen LogP contribution < -0.4 is 5.73 Å². The van der Waals surface area contributed by atoms with Gasteiger partial charge in [0.25, 0.3) is 0 Å². The molecule has 1 aromatic rings. The highest BCUT2D eigenvalue weighted by Crippen LogP contribution is 2.26. The fraction of sp³-hybridized carbons (Fsp3) is 0.727. The average molecular weight is 195 g/mol. The van der Waals surface area contributed by atoms with Crippen LogP contribution >= 0.6 is 0 Å². The molecular weight excluding hydrogens is 174 g/mol. The van der Waals surface area contributed by atoms with Gasteiger partial charge in [-0.3, -0.25) is 4.68 Å². The van der Waals surface area contributed by atoms with Crippen molar-refractivity contribution in [3.05, 3.63) is 17.0 Å². The largest absolute Gasteiger partial charge is 0.330 e. The predicted octanol–water partition coefficient (Wildman–Crippen LogP) is 1.53. The molecule has 0 saturated carbocycles. The van der Waals surface area contributed by atoms with Crippen molar-refractivity contribution in [2.24, 2.45) is 12.8 Å². The number of aromatic nitrogens is 2. The molecule has 0 radical (unpaired) electrons. The smallest absolute Gasteiger partial charge is 0.0709 e. The van der Waals surface area contributed by atoms with Crippen LogP contribution in [0.2, 0.25) is 0 Å². The molecule has 0 aromatic carbocycles. The Morgan fingerprint density at radius 1 is 1.36 bits per heavy atom. The maximum absolute atomic E-state index is 5.58. The number of nitrogens with two attached hydrogens (primary N) is 1. The molecule has 2 N–H and O–H groups in total. The Kier molecular flexibility index (Phi) is 3.00. The maximum atomic E-state index is 5.58. The van der Waals surface area contributed by atoms with E-state index >= 15 is 0 Å². The van der Waals surface area contributed by atoms with Gasteiger partial charge in [0.05, 0.1) is 5.69 Å². The zero-order valence-corrected chi connectivity index (χ0v) is 9.89. The molecule has 0 atom stereocenters. The minimum absolute atomic E-state index is 0.120. The van der Waals surface area contributed by atoms with E-state index in [0.29, 0.717) is 6.54 Å². The Morgan fingerprint density at radius 2 is 1.93 bits per heavy atom. The molecule has 1 heterocycles. The fourth-order valence-electron chi connectivity index (χ4n) is 1.86. The normalized spacial score (nSPS) is 12.1. The lowest BCUT2D eigenvalue weighted by Gasteiger charge is -2.16. The van der Waals surface area contributed by atoms with Gasteiger partial charge in [-0.1, -0.05) is 20.8 Å². The number of hydrogen-bond acceptors (Lipinski definition) is 2. The van der Waals surface area contributed by atoms with E-state index in [1.807, 2.05) is 11.7 Å². The SMILES string of the molecule is Cc1c(C(C)(C)C)nn(C)c1CCN. The maximum Gasteiger partial charge on any atom is 0.0709 e. The molecule has 3 nitrogen and oxygen atoms in total. The first-order chi connectivity index (χ1) is 6.38. The van der Waals surface area contributed by atoms with Crippen molar-refractivity contribution >= 4 is 0 Å². The van der Waals surface area contributed by atoms with Crippen molar-refractivity contribution in [2.45, 2.75) is 39.5 Å². The zero-order chi connectivity index (χ0) is 10.9. The molecule has 0 fully saturated rings. The van der Waals surface area contributed by atoms with Crippen molar-refractivity contribution in [2.75, 3.05) is 6.54 Å². The lowest BCUT2D eigenvalue weighted by Crippen LogP contribution is -2.13. The molecule has 0 saturated heterocycles. The summed E-state index contributed by atoms with van der Waals surface area (Å²) in [5, 5.41) is 4.56. The third-order valence-corrected chi connectivity index (χ3v) is 2.52. The van der Waals surface area contributed by atoms with E-state index in [1.165, 1.54) is 17.0 Å². The second kappa shape index (κ2) is 3.73. The Balaban J connectivity index is 3.17. The molecule has 0 aliphatic carbocycles. The third-order valence-electron chi connectivity index (χ3n) is 2.52. The number of hydrogen-bond donors (Lipinski definition) is 1. The zero-order valence-electron chi connectivity index (χ0n) is 9.89. The van der Waals surface area contributed by atoms with Gasteiger partial charge in [0.1, 0.15) is 0 Å². The highest BCUT2D eigenvalue weighted by atomic mass is 15.3. The second-order valence-corrected chi connectivity index (χ2v) is 4.83. The van der Waals surface area contributed by atoms with Crippen molar-refractivity contribution in [1.29, 1.82) is 0 Å². The first-order valence-electron chi connectivity index (χ1n) is 5.11. The van der Waals surface area contributed by atoms with E-state index < -0.39 is 0 Å². The second-order valence-electron chi connectivity index (χ2n) is 4.83. The molecule has 0 aliphatic rings. The quantitative estimate of drug-likeness (QED) is 0.777. The van der Waals surface area contributed by atoms with Gasteiger partial charge in [-0.25, -0.2) is 0 Å². The molecule has 0 bridgehead atoms. The van der Waals surface area contributed by atoms with Crippen LogP contribution in [0.1, 0.15) is 37.7 Å². The molecule has 14 heavy (non-hydrogen) atoms. The van der Waals surface area contributed by atoms with E-state index in [1.54, 1.807) is 0 Å². The van der Waals surface area contributed by atoms with Crippen LogP contribution in [-0.4, -0.2) is 16.3 Å². The van der Waals surface area contributed by atoms with E-state index in [4.69, 9.17) is 5.73 Å². The summed E-state index contributed by atoms with van der Waals surface area (Å²) in [5.74, 6) is 0. The molecule has 3 heteroatoms. The van der Waals surface area contributed by atoms with Gasteiger partial charge in [0, 0.05) is 24.6 Å². The Bertz CT molecular complexity index is 318. The van der Waals surface area contributed by atoms with Crippen LogP contribution in [0.5, 0.6) is 0 Å². The van der Waals surface area contributed by atoms with Crippen LogP contribution in [-0.2, 0) is 18.9 Å². The summed E-state index contributed by atoms with van der Waals surface area (Å²) in [6.45, 7) is 9.39. The third kappa shape index (κ3) is 1.98. The van der Waals surface area contributed by atoms with Crippen LogP contribution in [0.3, 0.4) is 0 Å². The number of rotatable bonds is 2. The Hall–Kier alpha value is -0.830. The molecule has 0 unspecified atom stereocenters. The number of nitrogens with zero attached hydrogens (tertiary/aromatic N) is 2. The van der Waals surface area contributed by atoms with Gasteiger partial charge in [-0.05, 0) is 19.0 Å². The molecule has 0 aliphatic heterocycles. The van der Waals surface area contributed by atoms with Crippen LogP contribution in [0.25, 0.3) is 0 Å². The average Bonchev–Trinajstić information content (AvgIpc) is 2.31. The van der Waals surface area contributed by atoms with Gasteiger partial charge in [0.15, 0.2) is 0 Å². The first kappa shape index (κ1) is 11.2. The van der Waals surface area contributed by atoms with Gasteiger partial charge in [-0.2, -0.15) is 5.10 Å². The summed E-state index contributed by atoms with van der Waals surface area (Å²) in [6, 6.07) is 0. The summed E-state index contributed by atoms with van der Waals surface area (Å²) >= 11 is 0. The van der Waals surface area contributed by atoms with Crippen LogP contribution in [0.15, 0.2) is 0 Å². The minimum Gasteiger partial charge on any atom is -0.330 e. The molecule has 1 aromatic heterocycles. The van der Waals surface area contributed by atoms with Gasteiger partial charge >= 0.3 is 0 Å². The first-order valence-corrected chi connectivity index (χ1v) is 5.11. The lowest BCUT2D eigenvalue weighted by molar-refractivity contribution is 0.549. The van der Waals surface area contributed by atoms with E-state index in [0.717, 1.165) is 6.42 Å². The molecule has 1 rings (SSSR count). The van der Waals surface area contributed by atoms with Crippen molar-refractivity contribution in [3.8, 4) is 0 Å². The van der Waals surface area contributed by atoms with E-state index in [2.05, 4.69) is 32.8 Å². The summed E-state index contributed by atoms with van der Waals surface area (Å²) in [7, 11) is 1.99. The fourth-order valence-corrected chi connectivity index (χ4v) is 1.86. The molecule has 80 valence electrons. The standard InChI is InChI=1S/C11H21N3/c1-8-9(6-7-12)14(5)13-10(8)11(2,3)4/h6-7,12H2,1-5H3. The molecule has 0 amide bonds. The predicted molar refractivity (Wildman–Crippen MR) is 59.4 cm³/mol. The van der Waals surface area contributed by atoms with Crippen molar-refractivity contribution in [1.82, 2.24) is 9.78 Å². The summed E-state index contributed by atoms with van der Waals surface area (Å²) in [5.41, 5.74) is 9.44. The van der Waals surface area contributed by atoms with Gasteiger partial charge in [0.2, 0.25) is 0 Å². The van der Waals surface area contributed by atoms with Gasteiger partial charge in [-0.15, -0.1) is 0 Å². The number of aryl methyl sites for hydroxylation is 1. The van der Waals surface area contributed by atoms with Crippen molar-refractivity contribution in [3.63, 3.8) is 0 Å².